The van der Waals surface area contributed by atoms with E-state index in [9.17, 15) is 0 Å². The molecule has 0 aromatic carbocycles. The van der Waals surface area contributed by atoms with Gasteiger partial charge in [-0.05, 0) is 12.7 Å². The summed E-state index contributed by atoms with van der Waals surface area (Å²) in [5.41, 5.74) is 2.01. The number of nitrogens with zero attached hydrogens (tertiary/aromatic N) is 3. The van der Waals surface area contributed by atoms with E-state index in [2.05, 4.69) is 21.3 Å². The van der Waals surface area contributed by atoms with Crippen molar-refractivity contribution in [1.29, 1.82) is 0 Å². The average Bonchev–Trinajstić information content (AvgIpc) is 2.44. The minimum Gasteiger partial charge on any atom is -0.292 e. The summed E-state index contributed by atoms with van der Waals surface area (Å²) < 4.78 is 2.08. The molecule has 0 saturated carbocycles. The van der Waals surface area contributed by atoms with Crippen LogP contribution in [0.3, 0.4) is 0 Å². The zero-order valence-corrected chi connectivity index (χ0v) is 8.51. The van der Waals surface area contributed by atoms with Crippen molar-refractivity contribution in [3.63, 3.8) is 0 Å². The van der Waals surface area contributed by atoms with E-state index in [1.54, 1.807) is 12.4 Å². The van der Waals surface area contributed by atoms with E-state index >= 15 is 0 Å². The fourth-order valence-corrected chi connectivity index (χ4v) is 2.13. The second-order valence-corrected chi connectivity index (χ2v) is 3.99. The fraction of sp³-hybridized carbons (Fsp3) is 0.333. The number of imidazole rings is 1. The van der Waals surface area contributed by atoms with Gasteiger partial charge < -0.3 is 0 Å². The largest absolute Gasteiger partial charge is 0.292 e. The first-order valence-corrected chi connectivity index (χ1v) is 5.23. The lowest BCUT2D eigenvalue weighted by Crippen LogP contribution is -1.87. The molecule has 0 unspecified atom stereocenters. The Kier molecular flexibility index (Phi) is 2.22. The standard InChI is InChI=1S/C9H11N3S/c1-3-13-9-7(2)11-8-6-10-4-5-12(8)9/h4-6H,3H2,1-2H3. The Labute approximate surface area is 81.2 Å². The van der Waals surface area contributed by atoms with Crippen molar-refractivity contribution < 1.29 is 0 Å². The summed E-state index contributed by atoms with van der Waals surface area (Å²) in [6.07, 6.45) is 5.52. The molecule has 2 heterocycles. The van der Waals surface area contributed by atoms with Crippen molar-refractivity contribution in [3.8, 4) is 0 Å². The highest BCUT2D eigenvalue weighted by atomic mass is 32.2. The summed E-state index contributed by atoms with van der Waals surface area (Å²) in [7, 11) is 0. The molecule has 4 heteroatoms. The molecule has 0 aliphatic heterocycles. The zero-order valence-electron chi connectivity index (χ0n) is 7.69. The third-order valence-corrected chi connectivity index (χ3v) is 2.88. The maximum Gasteiger partial charge on any atom is 0.156 e. The lowest BCUT2D eigenvalue weighted by Gasteiger charge is -1.98. The van der Waals surface area contributed by atoms with Gasteiger partial charge in [-0.3, -0.25) is 9.38 Å². The van der Waals surface area contributed by atoms with Gasteiger partial charge in [-0.25, -0.2) is 4.98 Å². The topological polar surface area (TPSA) is 30.2 Å². The highest BCUT2D eigenvalue weighted by Crippen LogP contribution is 2.22. The molecule has 2 aromatic rings. The lowest BCUT2D eigenvalue weighted by molar-refractivity contribution is 1.01. The first-order chi connectivity index (χ1) is 6.33. The predicted molar refractivity (Wildman–Crippen MR) is 54.1 cm³/mol. The molecule has 2 aromatic heterocycles. The molecule has 0 saturated heterocycles. The minimum absolute atomic E-state index is 0.927. The highest BCUT2D eigenvalue weighted by Gasteiger charge is 2.06. The fourth-order valence-electron chi connectivity index (χ4n) is 1.31. The first-order valence-electron chi connectivity index (χ1n) is 4.24. The number of aromatic nitrogens is 3. The number of hydrogen-bond donors (Lipinski definition) is 0. The maximum absolute atomic E-state index is 4.41. The van der Waals surface area contributed by atoms with E-state index in [0.717, 1.165) is 17.1 Å². The van der Waals surface area contributed by atoms with Crippen LogP contribution in [-0.4, -0.2) is 20.1 Å². The normalized spacial score (nSPS) is 10.9. The van der Waals surface area contributed by atoms with Crippen molar-refractivity contribution in [3.05, 3.63) is 24.3 Å². The van der Waals surface area contributed by atoms with Gasteiger partial charge in [0, 0.05) is 12.4 Å². The second-order valence-electron chi connectivity index (χ2n) is 2.74. The number of thioether (sulfide) groups is 1. The molecule has 13 heavy (non-hydrogen) atoms. The van der Waals surface area contributed by atoms with Crippen molar-refractivity contribution in [1.82, 2.24) is 14.4 Å². The van der Waals surface area contributed by atoms with Gasteiger partial charge in [0.1, 0.15) is 5.03 Å². The van der Waals surface area contributed by atoms with Crippen LogP contribution in [0.15, 0.2) is 23.6 Å². The van der Waals surface area contributed by atoms with Gasteiger partial charge in [0.05, 0.1) is 11.9 Å². The molecule has 0 aliphatic carbocycles. The van der Waals surface area contributed by atoms with Crippen LogP contribution in [0.4, 0.5) is 0 Å². The van der Waals surface area contributed by atoms with Gasteiger partial charge in [0.25, 0.3) is 0 Å². The summed E-state index contributed by atoms with van der Waals surface area (Å²) in [4.78, 5) is 8.45. The van der Waals surface area contributed by atoms with Gasteiger partial charge in [-0.2, -0.15) is 0 Å². The molecule has 0 atom stereocenters. The minimum atomic E-state index is 0.927. The Morgan fingerprint density at radius 2 is 2.38 bits per heavy atom. The highest BCUT2D eigenvalue weighted by molar-refractivity contribution is 7.99. The second kappa shape index (κ2) is 3.38. The van der Waals surface area contributed by atoms with E-state index in [1.165, 1.54) is 5.03 Å². The van der Waals surface area contributed by atoms with E-state index in [4.69, 9.17) is 0 Å². The van der Waals surface area contributed by atoms with E-state index in [-0.39, 0.29) is 0 Å². The van der Waals surface area contributed by atoms with Gasteiger partial charge in [-0.1, -0.05) is 6.92 Å². The van der Waals surface area contributed by atoms with Gasteiger partial charge in [0.2, 0.25) is 0 Å². The quantitative estimate of drug-likeness (QED) is 0.684. The molecule has 2 rings (SSSR count). The Morgan fingerprint density at radius 3 is 3.15 bits per heavy atom. The smallest absolute Gasteiger partial charge is 0.156 e. The summed E-state index contributed by atoms with van der Waals surface area (Å²) in [5, 5.41) is 1.22. The molecule has 0 N–H and O–H groups in total. The number of rotatable bonds is 2. The van der Waals surface area contributed by atoms with Crippen LogP contribution in [0.5, 0.6) is 0 Å². The van der Waals surface area contributed by atoms with Crippen LogP contribution in [0.2, 0.25) is 0 Å². The number of fused-ring (bicyclic) bond motifs is 1. The van der Waals surface area contributed by atoms with Gasteiger partial charge >= 0.3 is 0 Å². The Bertz CT molecular complexity index is 422. The number of hydrogen-bond acceptors (Lipinski definition) is 3. The number of aryl methyl sites for hydroxylation is 1. The van der Waals surface area contributed by atoms with Crippen LogP contribution >= 0.6 is 11.8 Å². The monoisotopic (exact) mass is 193 g/mol. The molecule has 0 fully saturated rings. The first kappa shape index (κ1) is 8.56. The van der Waals surface area contributed by atoms with E-state index in [1.807, 2.05) is 24.9 Å². The maximum atomic E-state index is 4.41. The van der Waals surface area contributed by atoms with E-state index < -0.39 is 0 Å². The van der Waals surface area contributed by atoms with Crippen molar-refractivity contribution in [2.45, 2.75) is 18.9 Å². The van der Waals surface area contributed by atoms with Gasteiger partial charge in [0.15, 0.2) is 5.65 Å². The third-order valence-electron chi connectivity index (χ3n) is 1.83. The zero-order chi connectivity index (χ0) is 9.26. The van der Waals surface area contributed by atoms with Crippen molar-refractivity contribution in [2.24, 2.45) is 0 Å². The van der Waals surface area contributed by atoms with Crippen LogP contribution in [0.1, 0.15) is 12.6 Å². The van der Waals surface area contributed by atoms with Gasteiger partial charge in [-0.15, -0.1) is 11.8 Å². The van der Waals surface area contributed by atoms with Crippen molar-refractivity contribution in [2.75, 3.05) is 5.75 Å². The van der Waals surface area contributed by atoms with E-state index in [0.29, 0.717) is 0 Å². The van der Waals surface area contributed by atoms with Crippen LogP contribution in [0.25, 0.3) is 5.65 Å². The molecular weight excluding hydrogens is 182 g/mol. The van der Waals surface area contributed by atoms with Crippen LogP contribution in [0, 0.1) is 6.92 Å². The summed E-state index contributed by atoms with van der Waals surface area (Å²) in [6.45, 7) is 4.18. The Morgan fingerprint density at radius 1 is 1.54 bits per heavy atom. The molecular formula is C9H11N3S. The molecule has 3 nitrogen and oxygen atoms in total. The molecule has 0 bridgehead atoms. The summed E-state index contributed by atoms with van der Waals surface area (Å²) in [6, 6.07) is 0. The lowest BCUT2D eigenvalue weighted by atomic mass is 10.6. The molecule has 68 valence electrons. The molecule has 0 radical (unpaired) electrons. The Hall–Kier alpha value is -1.03. The van der Waals surface area contributed by atoms with Crippen LogP contribution in [-0.2, 0) is 0 Å². The van der Waals surface area contributed by atoms with Crippen molar-refractivity contribution >= 4 is 17.4 Å². The summed E-state index contributed by atoms with van der Waals surface area (Å²) in [5.74, 6) is 1.07. The third kappa shape index (κ3) is 1.42. The molecule has 0 aliphatic rings. The molecule has 0 spiro atoms. The Balaban J connectivity index is 2.64. The molecule has 0 amide bonds. The SMILES string of the molecule is CCSc1c(C)nc2cnccn12. The predicted octanol–water partition coefficient (Wildman–Crippen LogP) is 2.15. The summed E-state index contributed by atoms with van der Waals surface area (Å²) >= 11 is 1.81. The van der Waals surface area contributed by atoms with Crippen LogP contribution < -0.4 is 0 Å². The average molecular weight is 193 g/mol.